The number of benzene rings is 1. The second-order valence-electron chi connectivity index (χ2n) is 4.84. The highest BCUT2D eigenvalue weighted by atomic mass is 16.6. The molecule has 0 aliphatic carbocycles. The largest absolute Gasteiger partial charge is 0.486 e. The summed E-state index contributed by atoms with van der Waals surface area (Å²) in [5, 5.41) is 3.26. The minimum Gasteiger partial charge on any atom is -0.486 e. The Morgan fingerprint density at radius 2 is 1.95 bits per heavy atom. The number of likely N-dealkylation sites (N-methyl/N-ethyl adjacent to an activating group) is 1. The van der Waals surface area contributed by atoms with Crippen LogP contribution >= 0.6 is 0 Å². The van der Waals surface area contributed by atoms with Crippen molar-refractivity contribution in [2.24, 2.45) is 0 Å². The third kappa shape index (κ3) is 3.85. The molecule has 1 aliphatic rings. The summed E-state index contributed by atoms with van der Waals surface area (Å²) in [4.78, 5) is 0. The van der Waals surface area contributed by atoms with E-state index in [4.69, 9.17) is 18.9 Å². The first kappa shape index (κ1) is 15.1. The van der Waals surface area contributed by atoms with E-state index in [0.29, 0.717) is 26.4 Å². The van der Waals surface area contributed by atoms with Crippen LogP contribution in [0.15, 0.2) is 18.2 Å². The minimum absolute atomic E-state index is 0.0769. The first-order valence-corrected chi connectivity index (χ1v) is 6.92. The van der Waals surface area contributed by atoms with Crippen molar-refractivity contribution in [3.05, 3.63) is 23.8 Å². The van der Waals surface area contributed by atoms with E-state index in [1.807, 2.05) is 32.2 Å². The van der Waals surface area contributed by atoms with Crippen LogP contribution in [0.5, 0.6) is 11.5 Å². The zero-order chi connectivity index (χ0) is 14.4. The molecule has 0 aromatic heterocycles. The van der Waals surface area contributed by atoms with Crippen LogP contribution in [0.1, 0.15) is 18.5 Å². The normalized spacial score (nSPS) is 16.8. The van der Waals surface area contributed by atoms with Crippen LogP contribution in [-0.2, 0) is 9.47 Å². The first-order chi connectivity index (χ1) is 9.74. The van der Waals surface area contributed by atoms with E-state index in [-0.39, 0.29) is 12.1 Å². The predicted octanol–water partition coefficient (Wildman–Crippen LogP) is 1.77. The van der Waals surface area contributed by atoms with Gasteiger partial charge < -0.3 is 24.3 Å². The number of methoxy groups -OCH3 is 1. The number of fused-ring (bicyclic) bond motifs is 1. The topological polar surface area (TPSA) is 49.0 Å². The molecule has 20 heavy (non-hydrogen) atoms. The Balaban J connectivity index is 2.00. The molecule has 1 aliphatic heterocycles. The Labute approximate surface area is 120 Å². The van der Waals surface area contributed by atoms with Gasteiger partial charge in [0.1, 0.15) is 13.2 Å². The summed E-state index contributed by atoms with van der Waals surface area (Å²) in [7, 11) is 3.60. The molecule has 0 bridgehead atoms. The molecule has 0 fully saturated rings. The summed E-state index contributed by atoms with van der Waals surface area (Å²) in [5.74, 6) is 1.61. The first-order valence-electron chi connectivity index (χ1n) is 6.92. The van der Waals surface area contributed by atoms with Crippen LogP contribution in [0.2, 0.25) is 0 Å². The molecule has 1 aromatic carbocycles. The zero-order valence-corrected chi connectivity index (χ0v) is 12.3. The summed E-state index contributed by atoms with van der Waals surface area (Å²) in [5.41, 5.74) is 1.13. The molecular formula is C15H23NO4. The Morgan fingerprint density at radius 3 is 2.65 bits per heavy atom. The van der Waals surface area contributed by atoms with Crippen molar-refractivity contribution >= 4 is 0 Å². The Hall–Kier alpha value is -1.30. The van der Waals surface area contributed by atoms with E-state index >= 15 is 0 Å². The fraction of sp³-hybridized carbons (Fsp3) is 0.600. The summed E-state index contributed by atoms with van der Waals surface area (Å²) in [6, 6.07) is 6.12. The highest BCUT2D eigenvalue weighted by Gasteiger charge is 2.17. The van der Waals surface area contributed by atoms with Crippen LogP contribution in [0.3, 0.4) is 0 Å². The number of hydrogen-bond acceptors (Lipinski definition) is 5. The van der Waals surface area contributed by atoms with Crippen LogP contribution in [0.25, 0.3) is 0 Å². The number of ether oxygens (including phenoxy) is 4. The molecule has 0 spiro atoms. The lowest BCUT2D eigenvalue weighted by Crippen LogP contribution is -2.26. The maximum Gasteiger partial charge on any atom is 0.161 e. The van der Waals surface area contributed by atoms with Crippen molar-refractivity contribution in [2.75, 3.05) is 40.6 Å². The number of rotatable bonds is 7. The fourth-order valence-electron chi connectivity index (χ4n) is 2.17. The summed E-state index contributed by atoms with van der Waals surface area (Å²) >= 11 is 0. The molecule has 0 radical (unpaired) electrons. The lowest BCUT2D eigenvalue weighted by molar-refractivity contribution is 0.000171. The van der Waals surface area contributed by atoms with Gasteiger partial charge in [-0.25, -0.2) is 0 Å². The average Bonchev–Trinajstić information content (AvgIpc) is 2.48. The van der Waals surface area contributed by atoms with Gasteiger partial charge >= 0.3 is 0 Å². The third-order valence-electron chi connectivity index (χ3n) is 3.27. The lowest BCUT2D eigenvalue weighted by atomic mass is 10.1. The van der Waals surface area contributed by atoms with Gasteiger partial charge in [0.15, 0.2) is 11.5 Å². The Bertz CT molecular complexity index is 424. The predicted molar refractivity (Wildman–Crippen MR) is 76.5 cm³/mol. The summed E-state index contributed by atoms with van der Waals surface area (Å²) in [6.07, 6.45) is 0.0769. The summed E-state index contributed by atoms with van der Waals surface area (Å²) in [6.45, 7) is 4.39. The van der Waals surface area contributed by atoms with Crippen molar-refractivity contribution in [3.8, 4) is 11.5 Å². The van der Waals surface area contributed by atoms with E-state index < -0.39 is 0 Å². The molecule has 2 rings (SSSR count). The second kappa shape index (κ2) is 7.47. The Kier molecular flexibility index (Phi) is 5.64. The van der Waals surface area contributed by atoms with Gasteiger partial charge in [0.2, 0.25) is 0 Å². The van der Waals surface area contributed by atoms with Crippen LogP contribution in [0.4, 0.5) is 0 Å². The number of nitrogens with one attached hydrogen (secondary N) is 1. The van der Waals surface area contributed by atoms with E-state index in [0.717, 1.165) is 17.1 Å². The van der Waals surface area contributed by atoms with Gasteiger partial charge in [0, 0.05) is 7.11 Å². The van der Waals surface area contributed by atoms with Crippen molar-refractivity contribution in [2.45, 2.75) is 19.1 Å². The third-order valence-corrected chi connectivity index (χ3v) is 3.27. The van der Waals surface area contributed by atoms with Crippen molar-refractivity contribution < 1.29 is 18.9 Å². The van der Waals surface area contributed by atoms with Gasteiger partial charge in [-0.15, -0.1) is 0 Å². The van der Waals surface area contributed by atoms with Crippen LogP contribution in [0, 0.1) is 0 Å². The van der Waals surface area contributed by atoms with Gasteiger partial charge in [-0.3, -0.25) is 0 Å². The summed E-state index contributed by atoms with van der Waals surface area (Å²) < 4.78 is 22.0. The van der Waals surface area contributed by atoms with Gasteiger partial charge in [0.25, 0.3) is 0 Å². The molecule has 2 atom stereocenters. The maximum absolute atomic E-state index is 5.77. The quantitative estimate of drug-likeness (QED) is 0.825. The second-order valence-corrected chi connectivity index (χ2v) is 4.84. The van der Waals surface area contributed by atoms with Crippen molar-refractivity contribution in [1.29, 1.82) is 0 Å². The van der Waals surface area contributed by atoms with Crippen molar-refractivity contribution in [1.82, 2.24) is 5.32 Å². The smallest absolute Gasteiger partial charge is 0.161 e. The molecule has 0 saturated carbocycles. The van der Waals surface area contributed by atoms with Gasteiger partial charge in [-0.05, 0) is 31.7 Å². The molecule has 5 nitrogen and oxygen atoms in total. The fourth-order valence-corrected chi connectivity index (χ4v) is 2.17. The number of hydrogen-bond donors (Lipinski definition) is 1. The van der Waals surface area contributed by atoms with Gasteiger partial charge in [-0.1, -0.05) is 6.07 Å². The van der Waals surface area contributed by atoms with Gasteiger partial charge in [-0.2, -0.15) is 0 Å². The highest BCUT2D eigenvalue weighted by Crippen LogP contribution is 2.32. The van der Waals surface area contributed by atoms with Crippen LogP contribution < -0.4 is 14.8 Å². The van der Waals surface area contributed by atoms with E-state index in [9.17, 15) is 0 Å². The molecular weight excluding hydrogens is 258 g/mol. The standard InChI is InChI=1S/C15H23NO4/c1-11(9-17-3)20-10-13(16-2)12-4-5-14-15(8-12)19-7-6-18-14/h4-5,8,11,13,16H,6-7,9-10H2,1-3H3. The monoisotopic (exact) mass is 281 g/mol. The molecule has 1 heterocycles. The molecule has 5 heteroatoms. The SMILES string of the molecule is CNC(COC(C)COC)c1ccc2c(c1)OCCO2. The van der Waals surface area contributed by atoms with E-state index in [1.54, 1.807) is 7.11 Å². The molecule has 0 saturated heterocycles. The van der Waals surface area contributed by atoms with E-state index in [1.165, 1.54) is 0 Å². The maximum atomic E-state index is 5.77. The lowest BCUT2D eigenvalue weighted by Gasteiger charge is -2.23. The molecule has 1 aromatic rings. The Morgan fingerprint density at radius 1 is 1.20 bits per heavy atom. The molecule has 1 N–H and O–H groups in total. The van der Waals surface area contributed by atoms with E-state index in [2.05, 4.69) is 5.32 Å². The highest BCUT2D eigenvalue weighted by molar-refractivity contribution is 5.44. The van der Waals surface area contributed by atoms with Gasteiger partial charge in [0.05, 0.1) is 25.4 Å². The molecule has 112 valence electrons. The van der Waals surface area contributed by atoms with Crippen molar-refractivity contribution in [3.63, 3.8) is 0 Å². The van der Waals surface area contributed by atoms with Crippen LogP contribution in [-0.4, -0.2) is 46.7 Å². The molecule has 2 unspecified atom stereocenters. The minimum atomic E-state index is 0.0769. The molecule has 0 amide bonds. The zero-order valence-electron chi connectivity index (χ0n) is 12.3. The average molecular weight is 281 g/mol.